The smallest absolute Gasteiger partial charge is 0.359 e. The topological polar surface area (TPSA) is 111 Å². The monoisotopic (exact) mass is 496 g/mol. The molecule has 190 valence electrons. The number of rotatable bonds is 11. The molecule has 3 aromatic rings. The number of unbranched alkanes of at least 4 members (excludes halogenated alkanes) is 3. The summed E-state index contributed by atoms with van der Waals surface area (Å²) in [4.78, 5) is 51.4. The Bertz CT molecular complexity index is 1290. The van der Waals surface area contributed by atoms with Crippen LogP contribution in [0, 0.1) is 5.82 Å². The van der Waals surface area contributed by atoms with Crippen molar-refractivity contribution in [2.24, 2.45) is 0 Å². The summed E-state index contributed by atoms with van der Waals surface area (Å²) < 4.78 is 19.5. The van der Waals surface area contributed by atoms with E-state index < -0.39 is 30.2 Å². The summed E-state index contributed by atoms with van der Waals surface area (Å²) in [6.07, 6.45) is 3.77. The average molecular weight is 497 g/mol. The van der Waals surface area contributed by atoms with Gasteiger partial charge in [0.1, 0.15) is 5.82 Å². The molecule has 36 heavy (non-hydrogen) atoms. The summed E-state index contributed by atoms with van der Waals surface area (Å²) >= 11 is 0. The van der Waals surface area contributed by atoms with E-state index in [2.05, 4.69) is 17.3 Å². The summed E-state index contributed by atoms with van der Waals surface area (Å²) in [5, 5.41) is 7.48. The van der Waals surface area contributed by atoms with Crippen molar-refractivity contribution < 1.29 is 23.5 Å². The van der Waals surface area contributed by atoms with Gasteiger partial charge in [0.25, 0.3) is 11.5 Å². The number of benzene rings is 2. The van der Waals surface area contributed by atoms with Gasteiger partial charge in [0, 0.05) is 24.7 Å². The first-order chi connectivity index (χ1) is 17.3. The van der Waals surface area contributed by atoms with E-state index in [-0.39, 0.29) is 17.8 Å². The summed E-state index contributed by atoms with van der Waals surface area (Å²) in [5.41, 5.74) is 0.0447. The van der Waals surface area contributed by atoms with Gasteiger partial charge in [-0.25, -0.2) is 13.9 Å². The SMILES string of the molecule is CCCCCCn1nc(C(=O)OCC(=O)N(C)CC(=O)Nc2ccc(F)cc2)c2ccccc2c1=O. The minimum absolute atomic E-state index is 0.0507. The lowest BCUT2D eigenvalue weighted by molar-refractivity contribution is -0.136. The van der Waals surface area contributed by atoms with Gasteiger partial charge >= 0.3 is 5.97 Å². The fourth-order valence-electron chi connectivity index (χ4n) is 3.57. The Hall–Kier alpha value is -4.08. The Labute approximate surface area is 207 Å². The summed E-state index contributed by atoms with van der Waals surface area (Å²) in [6.45, 7) is 1.56. The van der Waals surface area contributed by atoms with Gasteiger partial charge in [-0.2, -0.15) is 5.10 Å². The molecule has 0 bridgehead atoms. The van der Waals surface area contributed by atoms with Crippen LogP contribution in [-0.4, -0.2) is 52.7 Å². The number of halogens is 1. The highest BCUT2D eigenvalue weighted by Gasteiger charge is 2.21. The zero-order chi connectivity index (χ0) is 26.1. The lowest BCUT2D eigenvalue weighted by Crippen LogP contribution is -2.37. The fraction of sp³-hybridized carbons (Fsp3) is 0.346. The number of amides is 2. The van der Waals surface area contributed by atoms with Gasteiger partial charge in [-0.15, -0.1) is 0 Å². The van der Waals surface area contributed by atoms with E-state index >= 15 is 0 Å². The van der Waals surface area contributed by atoms with Crippen LogP contribution in [0.4, 0.5) is 10.1 Å². The summed E-state index contributed by atoms with van der Waals surface area (Å²) in [6, 6.07) is 11.8. The molecule has 0 unspecified atom stereocenters. The average Bonchev–Trinajstić information content (AvgIpc) is 2.87. The highest BCUT2D eigenvalue weighted by molar-refractivity contribution is 6.02. The molecule has 0 atom stereocenters. The number of anilines is 1. The first kappa shape index (κ1) is 26.5. The van der Waals surface area contributed by atoms with E-state index in [1.54, 1.807) is 24.3 Å². The number of hydrogen-bond acceptors (Lipinski definition) is 6. The predicted octanol–water partition coefficient (Wildman–Crippen LogP) is 3.37. The van der Waals surface area contributed by atoms with Crippen LogP contribution in [0.5, 0.6) is 0 Å². The van der Waals surface area contributed by atoms with E-state index in [0.717, 1.165) is 30.6 Å². The molecule has 1 heterocycles. The standard InChI is InChI=1S/C26H29FN4O5/c1-3-4-5-8-15-31-25(34)21-10-7-6-9-20(21)24(29-31)26(35)36-17-23(33)30(2)16-22(32)28-19-13-11-18(27)12-14-19/h6-7,9-14H,3-5,8,15-17H2,1-2H3,(H,28,32). The number of nitrogens with one attached hydrogen (secondary N) is 1. The summed E-state index contributed by atoms with van der Waals surface area (Å²) in [5.74, 6) is -2.37. The maximum absolute atomic E-state index is 13.0. The Morgan fingerprint density at radius 3 is 2.42 bits per heavy atom. The second kappa shape index (κ2) is 12.6. The number of carbonyl (C=O) groups excluding carboxylic acids is 3. The van der Waals surface area contributed by atoms with Gasteiger partial charge in [-0.1, -0.05) is 44.4 Å². The van der Waals surface area contributed by atoms with Crippen LogP contribution in [0.25, 0.3) is 10.8 Å². The highest BCUT2D eigenvalue weighted by atomic mass is 19.1. The van der Waals surface area contributed by atoms with E-state index in [9.17, 15) is 23.6 Å². The quantitative estimate of drug-likeness (QED) is 0.322. The van der Waals surface area contributed by atoms with Crippen LogP contribution >= 0.6 is 0 Å². The van der Waals surface area contributed by atoms with Gasteiger partial charge in [0.05, 0.1) is 11.9 Å². The van der Waals surface area contributed by atoms with Crippen molar-refractivity contribution >= 4 is 34.2 Å². The number of ether oxygens (including phenoxy) is 1. The molecule has 0 saturated heterocycles. The first-order valence-electron chi connectivity index (χ1n) is 11.8. The van der Waals surface area contributed by atoms with Crippen molar-refractivity contribution in [3.05, 3.63) is 70.4 Å². The second-order valence-electron chi connectivity index (χ2n) is 8.36. The number of fused-ring (bicyclic) bond motifs is 1. The Morgan fingerprint density at radius 2 is 1.72 bits per heavy atom. The van der Waals surface area contributed by atoms with Gasteiger partial charge < -0.3 is 15.0 Å². The van der Waals surface area contributed by atoms with Crippen molar-refractivity contribution in [3.8, 4) is 0 Å². The van der Waals surface area contributed by atoms with Gasteiger partial charge in [0.2, 0.25) is 5.91 Å². The number of aromatic nitrogens is 2. The second-order valence-corrected chi connectivity index (χ2v) is 8.36. The van der Waals surface area contributed by atoms with Crippen LogP contribution in [0.2, 0.25) is 0 Å². The molecule has 0 spiro atoms. The van der Waals surface area contributed by atoms with Crippen molar-refractivity contribution in [1.29, 1.82) is 0 Å². The number of hydrogen-bond donors (Lipinski definition) is 1. The van der Waals surface area contributed by atoms with Crippen molar-refractivity contribution in [2.75, 3.05) is 25.5 Å². The number of carbonyl (C=O) groups is 3. The normalized spacial score (nSPS) is 10.8. The lowest BCUT2D eigenvalue weighted by atomic mass is 10.1. The molecule has 10 heteroatoms. The molecule has 2 amide bonds. The first-order valence-corrected chi connectivity index (χ1v) is 11.8. The molecule has 0 saturated carbocycles. The molecule has 9 nitrogen and oxygen atoms in total. The fourth-order valence-corrected chi connectivity index (χ4v) is 3.57. The van der Waals surface area contributed by atoms with Crippen molar-refractivity contribution in [1.82, 2.24) is 14.7 Å². The van der Waals surface area contributed by atoms with Crippen LogP contribution < -0.4 is 10.9 Å². The zero-order valence-corrected chi connectivity index (χ0v) is 20.3. The molecule has 3 rings (SSSR count). The van der Waals surface area contributed by atoms with E-state index in [4.69, 9.17) is 4.74 Å². The maximum atomic E-state index is 13.0. The van der Waals surface area contributed by atoms with Gasteiger partial charge in [0.15, 0.2) is 12.3 Å². The Kier molecular flexibility index (Phi) is 9.26. The molecule has 0 aliphatic heterocycles. The number of likely N-dealkylation sites (N-methyl/N-ethyl adjacent to an activating group) is 1. The Morgan fingerprint density at radius 1 is 1.03 bits per heavy atom. The number of esters is 1. The van der Waals surface area contributed by atoms with E-state index in [0.29, 0.717) is 23.0 Å². The molecule has 2 aromatic carbocycles. The molecular formula is C26H29FN4O5. The van der Waals surface area contributed by atoms with Crippen LogP contribution in [0.15, 0.2) is 53.3 Å². The molecule has 0 aliphatic rings. The van der Waals surface area contributed by atoms with Crippen LogP contribution in [-0.2, 0) is 20.9 Å². The third-order valence-corrected chi connectivity index (χ3v) is 5.55. The number of aryl methyl sites for hydroxylation is 1. The van der Waals surface area contributed by atoms with E-state index in [1.165, 1.54) is 36.0 Å². The zero-order valence-electron chi connectivity index (χ0n) is 20.3. The Balaban J connectivity index is 1.64. The highest BCUT2D eigenvalue weighted by Crippen LogP contribution is 2.15. The van der Waals surface area contributed by atoms with Gasteiger partial charge in [-0.3, -0.25) is 14.4 Å². The molecule has 1 N–H and O–H groups in total. The third kappa shape index (κ3) is 6.97. The maximum Gasteiger partial charge on any atom is 0.359 e. The van der Waals surface area contributed by atoms with E-state index in [1.807, 2.05) is 0 Å². The largest absolute Gasteiger partial charge is 0.451 e. The van der Waals surface area contributed by atoms with Crippen LogP contribution in [0.1, 0.15) is 43.1 Å². The predicted molar refractivity (Wildman–Crippen MR) is 133 cm³/mol. The summed E-state index contributed by atoms with van der Waals surface area (Å²) in [7, 11) is 1.39. The van der Waals surface area contributed by atoms with Gasteiger partial charge in [-0.05, 0) is 36.8 Å². The molecule has 0 fully saturated rings. The molecule has 1 aromatic heterocycles. The molecule has 0 radical (unpaired) electrons. The molecular weight excluding hydrogens is 467 g/mol. The van der Waals surface area contributed by atoms with Crippen LogP contribution in [0.3, 0.4) is 0 Å². The lowest BCUT2D eigenvalue weighted by Gasteiger charge is -2.17. The minimum Gasteiger partial charge on any atom is -0.451 e. The number of nitrogens with zero attached hydrogens (tertiary/aromatic N) is 3. The van der Waals surface area contributed by atoms with Crippen molar-refractivity contribution in [2.45, 2.75) is 39.2 Å². The minimum atomic E-state index is -0.842. The molecule has 0 aliphatic carbocycles. The van der Waals surface area contributed by atoms with Crippen molar-refractivity contribution in [3.63, 3.8) is 0 Å². The third-order valence-electron chi connectivity index (χ3n) is 5.55.